The largest absolute Gasteiger partial charge is 0.454 e. The molecule has 1 atom stereocenters. The fraction of sp³-hybridized carbons (Fsp3) is 0.440. The molecule has 0 radical (unpaired) electrons. The number of carbonyl (C=O) groups is 2. The van der Waals surface area contributed by atoms with Crippen LogP contribution in [0.2, 0.25) is 10.0 Å². The predicted molar refractivity (Wildman–Crippen MR) is 144 cm³/mol. The number of nitrogens with one attached hydrogen (secondary N) is 1. The second kappa shape index (κ2) is 12.7. The predicted octanol–water partition coefficient (Wildman–Crippen LogP) is 4.21. The first kappa shape index (κ1) is 28.9. The van der Waals surface area contributed by atoms with Gasteiger partial charge in [-0.1, -0.05) is 49.5 Å². The minimum atomic E-state index is -3.87. The highest BCUT2D eigenvalue weighted by molar-refractivity contribution is 7.92. The number of sulfonamides is 1. The van der Waals surface area contributed by atoms with E-state index in [4.69, 9.17) is 32.7 Å². The van der Waals surface area contributed by atoms with E-state index in [1.54, 1.807) is 37.3 Å². The van der Waals surface area contributed by atoms with Crippen molar-refractivity contribution in [3.05, 3.63) is 52.0 Å². The molecule has 0 spiro atoms. The molecule has 2 aromatic rings. The van der Waals surface area contributed by atoms with Crippen LogP contribution in [-0.2, 0) is 26.2 Å². The Morgan fingerprint density at radius 2 is 1.78 bits per heavy atom. The van der Waals surface area contributed by atoms with Gasteiger partial charge in [-0.05, 0) is 42.7 Å². The Morgan fingerprint density at radius 1 is 1.05 bits per heavy atom. The summed E-state index contributed by atoms with van der Waals surface area (Å²) in [4.78, 5) is 28.2. The van der Waals surface area contributed by atoms with Crippen LogP contribution >= 0.6 is 23.2 Å². The van der Waals surface area contributed by atoms with E-state index in [0.717, 1.165) is 23.4 Å². The van der Waals surface area contributed by atoms with Gasteiger partial charge in [-0.2, -0.15) is 0 Å². The lowest BCUT2D eigenvalue weighted by Gasteiger charge is -2.33. The van der Waals surface area contributed by atoms with E-state index in [-0.39, 0.29) is 24.9 Å². The number of nitrogens with zero attached hydrogens (tertiary/aromatic N) is 2. The molecule has 2 amide bonds. The first-order valence-corrected chi connectivity index (χ1v) is 14.5. The second-order valence-corrected chi connectivity index (χ2v) is 11.4. The van der Waals surface area contributed by atoms with Gasteiger partial charge >= 0.3 is 0 Å². The summed E-state index contributed by atoms with van der Waals surface area (Å²) >= 11 is 12.2. The molecule has 37 heavy (non-hydrogen) atoms. The Labute approximate surface area is 227 Å². The van der Waals surface area contributed by atoms with Gasteiger partial charge in [0, 0.05) is 19.2 Å². The molecule has 202 valence electrons. The summed E-state index contributed by atoms with van der Waals surface area (Å²) in [5.41, 5.74) is 0.895. The number of hydrogen-bond acceptors (Lipinski definition) is 6. The van der Waals surface area contributed by atoms with Crippen molar-refractivity contribution in [1.82, 2.24) is 10.2 Å². The van der Waals surface area contributed by atoms with Crippen molar-refractivity contribution in [2.45, 2.75) is 45.7 Å². The first-order valence-electron chi connectivity index (χ1n) is 11.9. The van der Waals surface area contributed by atoms with E-state index in [0.29, 0.717) is 40.1 Å². The summed E-state index contributed by atoms with van der Waals surface area (Å²) in [6.45, 7) is 3.84. The number of fused-ring (bicyclic) bond motifs is 1. The molecule has 1 N–H and O–H groups in total. The summed E-state index contributed by atoms with van der Waals surface area (Å²) in [7, 11) is -3.87. The van der Waals surface area contributed by atoms with Gasteiger partial charge in [-0.15, -0.1) is 0 Å². The highest BCUT2D eigenvalue weighted by atomic mass is 35.5. The van der Waals surface area contributed by atoms with E-state index in [1.807, 2.05) is 6.92 Å². The van der Waals surface area contributed by atoms with Gasteiger partial charge in [0.15, 0.2) is 11.5 Å². The average molecular weight is 573 g/mol. The normalized spacial score (nSPS) is 13.2. The molecule has 1 aliphatic rings. The molecule has 0 bridgehead atoms. The first-order chi connectivity index (χ1) is 17.5. The number of halogens is 2. The average Bonchev–Trinajstić information content (AvgIpc) is 3.32. The van der Waals surface area contributed by atoms with Crippen molar-refractivity contribution in [3.8, 4) is 11.5 Å². The molecule has 2 aromatic carbocycles. The molecule has 3 rings (SSSR count). The van der Waals surface area contributed by atoms with Crippen LogP contribution in [0.5, 0.6) is 11.5 Å². The maximum Gasteiger partial charge on any atom is 0.244 e. The molecule has 1 aliphatic heterocycles. The third-order valence-electron chi connectivity index (χ3n) is 5.88. The minimum Gasteiger partial charge on any atom is -0.454 e. The molecule has 1 heterocycles. The lowest BCUT2D eigenvalue weighted by molar-refractivity contribution is -0.140. The van der Waals surface area contributed by atoms with E-state index in [2.05, 4.69) is 5.32 Å². The minimum absolute atomic E-state index is 0.0271. The van der Waals surface area contributed by atoms with Gasteiger partial charge in [0.25, 0.3) is 0 Å². The number of benzene rings is 2. The Bertz CT molecular complexity index is 1240. The molecule has 0 aromatic heterocycles. The van der Waals surface area contributed by atoms with E-state index >= 15 is 0 Å². The Morgan fingerprint density at radius 3 is 2.43 bits per heavy atom. The van der Waals surface area contributed by atoms with Gasteiger partial charge in [0.2, 0.25) is 28.6 Å². The highest BCUT2D eigenvalue weighted by Gasteiger charge is 2.32. The molecular formula is C25H31Cl2N3O6S. The molecule has 0 fully saturated rings. The number of amides is 2. The standard InChI is InChI=1S/C25H31Cl2N3O6S/c1-4-6-11-28-25(32)21(5-2)29(14-17-7-9-19(26)20(27)12-17)24(31)15-30(37(3,33)34)18-8-10-22-23(13-18)36-16-35-22/h7-10,12-13,21H,4-6,11,14-16H2,1-3H3,(H,28,32)/t21-/m0/s1. The van der Waals surface area contributed by atoms with Crippen molar-refractivity contribution in [1.29, 1.82) is 0 Å². The number of rotatable bonds is 12. The molecule has 0 saturated heterocycles. The molecule has 0 saturated carbocycles. The third kappa shape index (κ3) is 7.43. The van der Waals surface area contributed by atoms with Crippen LogP contribution in [0.25, 0.3) is 0 Å². The second-order valence-electron chi connectivity index (χ2n) is 8.65. The van der Waals surface area contributed by atoms with Crippen molar-refractivity contribution < 1.29 is 27.5 Å². The van der Waals surface area contributed by atoms with Gasteiger partial charge in [0.05, 0.1) is 22.0 Å². The lowest BCUT2D eigenvalue weighted by atomic mass is 10.1. The fourth-order valence-electron chi connectivity index (χ4n) is 3.91. The maximum absolute atomic E-state index is 13.7. The maximum atomic E-state index is 13.7. The van der Waals surface area contributed by atoms with Crippen LogP contribution in [0.3, 0.4) is 0 Å². The Hall–Kier alpha value is -2.69. The molecule has 9 nitrogen and oxygen atoms in total. The van der Waals surface area contributed by atoms with E-state index < -0.39 is 28.5 Å². The lowest BCUT2D eigenvalue weighted by Crippen LogP contribution is -2.52. The molecule has 12 heteroatoms. The van der Waals surface area contributed by atoms with Gasteiger partial charge in [0.1, 0.15) is 12.6 Å². The van der Waals surface area contributed by atoms with Crippen LogP contribution in [0, 0.1) is 0 Å². The summed E-state index contributed by atoms with van der Waals surface area (Å²) < 4.78 is 37.2. The van der Waals surface area contributed by atoms with E-state index in [1.165, 1.54) is 11.0 Å². The van der Waals surface area contributed by atoms with Crippen molar-refractivity contribution in [2.75, 3.05) is 30.4 Å². The zero-order valence-corrected chi connectivity index (χ0v) is 23.3. The van der Waals surface area contributed by atoms with E-state index in [9.17, 15) is 18.0 Å². The quantitative estimate of drug-likeness (QED) is 0.382. The summed E-state index contributed by atoms with van der Waals surface area (Å²) in [6, 6.07) is 8.76. The Balaban J connectivity index is 1.93. The van der Waals surface area contributed by atoms with Crippen molar-refractivity contribution in [2.24, 2.45) is 0 Å². The topological polar surface area (TPSA) is 105 Å². The number of unbranched alkanes of at least 4 members (excludes halogenated alkanes) is 1. The number of anilines is 1. The van der Waals surface area contributed by atoms with Crippen LogP contribution in [0.4, 0.5) is 5.69 Å². The third-order valence-corrected chi connectivity index (χ3v) is 7.76. The number of ether oxygens (including phenoxy) is 2. The summed E-state index contributed by atoms with van der Waals surface area (Å²) in [5.74, 6) is 0.0116. The highest BCUT2D eigenvalue weighted by Crippen LogP contribution is 2.36. The van der Waals surface area contributed by atoms with Crippen LogP contribution in [-0.4, -0.2) is 57.3 Å². The zero-order valence-electron chi connectivity index (χ0n) is 21.0. The molecule has 0 unspecified atom stereocenters. The van der Waals surface area contributed by atoms with Gasteiger partial charge in [-0.3, -0.25) is 13.9 Å². The van der Waals surface area contributed by atoms with Crippen molar-refractivity contribution in [3.63, 3.8) is 0 Å². The number of carbonyl (C=O) groups excluding carboxylic acids is 2. The SMILES string of the molecule is CCCCNC(=O)[C@H](CC)N(Cc1ccc(Cl)c(Cl)c1)C(=O)CN(c1ccc2c(c1)OCO2)S(C)(=O)=O. The van der Waals surface area contributed by atoms with Gasteiger partial charge < -0.3 is 19.7 Å². The van der Waals surface area contributed by atoms with Crippen LogP contribution in [0.15, 0.2) is 36.4 Å². The summed E-state index contributed by atoms with van der Waals surface area (Å²) in [6.07, 6.45) is 3.05. The van der Waals surface area contributed by atoms with Crippen LogP contribution < -0.4 is 19.1 Å². The zero-order chi connectivity index (χ0) is 27.2. The Kier molecular flexibility index (Phi) is 9.92. The summed E-state index contributed by atoms with van der Waals surface area (Å²) in [5, 5.41) is 3.55. The number of hydrogen-bond donors (Lipinski definition) is 1. The van der Waals surface area contributed by atoms with Crippen LogP contribution in [0.1, 0.15) is 38.7 Å². The van der Waals surface area contributed by atoms with Crippen molar-refractivity contribution >= 4 is 50.7 Å². The van der Waals surface area contributed by atoms with Gasteiger partial charge in [-0.25, -0.2) is 8.42 Å². The fourth-order valence-corrected chi connectivity index (χ4v) is 5.08. The molecule has 0 aliphatic carbocycles. The molecular weight excluding hydrogens is 541 g/mol. The monoisotopic (exact) mass is 571 g/mol. The smallest absolute Gasteiger partial charge is 0.244 e.